The van der Waals surface area contributed by atoms with Crippen LogP contribution in [0.2, 0.25) is 0 Å². The number of aryl methyl sites for hydroxylation is 1. The Balaban J connectivity index is 3.17. The van der Waals surface area contributed by atoms with Crippen LogP contribution in [0.1, 0.15) is 30.9 Å². The lowest BCUT2D eigenvalue weighted by Gasteiger charge is -2.22. The molecular formula is C14H24N2O3S. The second-order valence-electron chi connectivity index (χ2n) is 4.79. The minimum Gasteiger partial charge on any atom is -0.395 e. The highest BCUT2D eigenvalue weighted by Gasteiger charge is 2.25. The Morgan fingerprint density at radius 1 is 1.30 bits per heavy atom. The number of unbranched alkanes of at least 4 members (excludes halogenated alkanes) is 1. The van der Waals surface area contributed by atoms with Crippen molar-refractivity contribution in [3.63, 3.8) is 0 Å². The van der Waals surface area contributed by atoms with Gasteiger partial charge in [-0.1, -0.05) is 25.5 Å². The second-order valence-corrected chi connectivity index (χ2v) is 6.69. The first-order valence-electron chi connectivity index (χ1n) is 6.88. The van der Waals surface area contributed by atoms with Gasteiger partial charge in [0.25, 0.3) is 0 Å². The van der Waals surface area contributed by atoms with Crippen molar-refractivity contribution in [2.45, 2.75) is 38.1 Å². The highest BCUT2D eigenvalue weighted by Crippen LogP contribution is 2.21. The van der Waals surface area contributed by atoms with Gasteiger partial charge in [0.05, 0.1) is 11.5 Å². The fourth-order valence-electron chi connectivity index (χ4n) is 1.99. The normalized spacial score (nSPS) is 12.1. The molecule has 0 saturated carbocycles. The number of nitrogens with zero attached hydrogens (tertiary/aromatic N) is 1. The van der Waals surface area contributed by atoms with Crippen LogP contribution >= 0.6 is 0 Å². The number of sulfonamides is 1. The van der Waals surface area contributed by atoms with Crippen LogP contribution in [0.5, 0.6) is 0 Å². The molecule has 0 aliphatic carbocycles. The summed E-state index contributed by atoms with van der Waals surface area (Å²) in [5, 5.41) is 9.09. The minimum absolute atomic E-state index is 0.120. The average molecular weight is 300 g/mol. The van der Waals surface area contributed by atoms with Gasteiger partial charge in [0.15, 0.2) is 0 Å². The van der Waals surface area contributed by atoms with Crippen molar-refractivity contribution in [1.82, 2.24) is 4.31 Å². The third kappa shape index (κ3) is 4.02. The molecule has 114 valence electrons. The molecule has 0 heterocycles. The summed E-state index contributed by atoms with van der Waals surface area (Å²) < 4.78 is 26.7. The summed E-state index contributed by atoms with van der Waals surface area (Å²) in [6, 6.07) is 5.23. The number of hydrogen-bond donors (Lipinski definition) is 2. The summed E-state index contributed by atoms with van der Waals surface area (Å²) in [5.41, 5.74) is 7.06. The molecule has 1 aromatic carbocycles. The van der Waals surface area contributed by atoms with E-state index in [-0.39, 0.29) is 18.0 Å². The molecule has 0 aliphatic heterocycles. The number of nitrogens with two attached hydrogens (primary N) is 1. The Bertz CT molecular complexity index is 529. The van der Waals surface area contributed by atoms with Gasteiger partial charge in [0.2, 0.25) is 10.0 Å². The van der Waals surface area contributed by atoms with E-state index in [1.807, 2.05) is 13.0 Å². The smallest absolute Gasteiger partial charge is 0.243 e. The molecule has 0 aliphatic rings. The molecule has 0 unspecified atom stereocenters. The highest BCUT2D eigenvalue weighted by atomic mass is 32.2. The van der Waals surface area contributed by atoms with Crippen molar-refractivity contribution >= 4 is 10.0 Å². The van der Waals surface area contributed by atoms with Crippen LogP contribution in [0.25, 0.3) is 0 Å². The summed E-state index contributed by atoms with van der Waals surface area (Å²) in [5.74, 6) is 0. The largest absolute Gasteiger partial charge is 0.395 e. The number of aliphatic hydroxyl groups excluding tert-OH is 1. The molecule has 6 heteroatoms. The van der Waals surface area contributed by atoms with Crippen LogP contribution in [0, 0.1) is 6.92 Å². The van der Waals surface area contributed by atoms with E-state index in [1.54, 1.807) is 19.1 Å². The van der Waals surface area contributed by atoms with Gasteiger partial charge < -0.3 is 10.8 Å². The Morgan fingerprint density at radius 3 is 2.55 bits per heavy atom. The Hall–Kier alpha value is -0.950. The number of aliphatic hydroxyl groups is 1. The summed E-state index contributed by atoms with van der Waals surface area (Å²) in [6.45, 7) is 4.44. The number of benzene rings is 1. The lowest BCUT2D eigenvalue weighted by Crippen LogP contribution is -2.35. The first kappa shape index (κ1) is 17.1. The van der Waals surface area contributed by atoms with E-state index in [4.69, 9.17) is 10.8 Å². The van der Waals surface area contributed by atoms with E-state index < -0.39 is 10.0 Å². The Kier molecular flexibility index (Phi) is 6.61. The van der Waals surface area contributed by atoms with Gasteiger partial charge in [-0.25, -0.2) is 8.42 Å². The van der Waals surface area contributed by atoms with Crippen molar-refractivity contribution in [3.05, 3.63) is 29.3 Å². The summed E-state index contributed by atoms with van der Waals surface area (Å²) in [4.78, 5) is 0.282. The maximum atomic E-state index is 12.7. The van der Waals surface area contributed by atoms with Crippen LogP contribution < -0.4 is 5.73 Å². The van der Waals surface area contributed by atoms with Crippen LogP contribution in [0.4, 0.5) is 0 Å². The standard InChI is InChI=1S/C14H24N2O3S/c1-3-4-7-16(8-9-17)20(18,19)14-10-13(11-15)6-5-12(14)2/h5-6,10,17H,3-4,7-9,11,15H2,1-2H3. The molecule has 20 heavy (non-hydrogen) atoms. The van der Waals surface area contributed by atoms with E-state index in [0.29, 0.717) is 18.7 Å². The van der Waals surface area contributed by atoms with Crippen LogP contribution in [-0.2, 0) is 16.6 Å². The predicted octanol–water partition coefficient (Wildman–Crippen LogP) is 1.24. The SMILES string of the molecule is CCCCN(CCO)S(=O)(=O)c1cc(CN)ccc1C. The van der Waals surface area contributed by atoms with Crippen LogP contribution in [-0.4, -0.2) is 37.5 Å². The third-order valence-electron chi connectivity index (χ3n) is 3.22. The van der Waals surface area contributed by atoms with Crippen molar-refractivity contribution in [2.75, 3.05) is 19.7 Å². The molecule has 5 nitrogen and oxygen atoms in total. The molecule has 0 fully saturated rings. The predicted molar refractivity (Wildman–Crippen MR) is 79.8 cm³/mol. The van der Waals surface area contributed by atoms with Gasteiger partial charge in [-0.15, -0.1) is 0 Å². The summed E-state index contributed by atoms with van der Waals surface area (Å²) in [6.07, 6.45) is 1.67. The molecule has 0 spiro atoms. The van der Waals surface area contributed by atoms with Gasteiger partial charge in [-0.2, -0.15) is 4.31 Å². The fourth-order valence-corrected chi connectivity index (χ4v) is 3.73. The van der Waals surface area contributed by atoms with Crippen LogP contribution in [0.3, 0.4) is 0 Å². The van der Waals surface area contributed by atoms with Gasteiger partial charge in [-0.3, -0.25) is 0 Å². The van der Waals surface area contributed by atoms with Gasteiger partial charge >= 0.3 is 0 Å². The molecule has 3 N–H and O–H groups in total. The Morgan fingerprint density at radius 2 is 2.00 bits per heavy atom. The maximum absolute atomic E-state index is 12.7. The second kappa shape index (κ2) is 7.73. The van der Waals surface area contributed by atoms with Crippen molar-refractivity contribution < 1.29 is 13.5 Å². The zero-order chi connectivity index (χ0) is 15.2. The average Bonchev–Trinajstić information content (AvgIpc) is 2.43. The van der Waals surface area contributed by atoms with E-state index in [0.717, 1.165) is 18.4 Å². The van der Waals surface area contributed by atoms with Crippen molar-refractivity contribution in [2.24, 2.45) is 5.73 Å². The number of rotatable bonds is 8. The molecule has 0 saturated heterocycles. The molecule has 1 aromatic rings. The molecule has 0 aromatic heterocycles. The zero-order valence-electron chi connectivity index (χ0n) is 12.2. The van der Waals surface area contributed by atoms with E-state index >= 15 is 0 Å². The lowest BCUT2D eigenvalue weighted by atomic mass is 10.1. The minimum atomic E-state index is -3.58. The van der Waals surface area contributed by atoms with E-state index in [1.165, 1.54) is 4.31 Å². The van der Waals surface area contributed by atoms with Gasteiger partial charge in [0.1, 0.15) is 0 Å². The van der Waals surface area contributed by atoms with Crippen LogP contribution in [0.15, 0.2) is 23.1 Å². The summed E-state index contributed by atoms with van der Waals surface area (Å²) in [7, 11) is -3.58. The van der Waals surface area contributed by atoms with Crippen molar-refractivity contribution in [3.8, 4) is 0 Å². The quantitative estimate of drug-likeness (QED) is 0.756. The highest BCUT2D eigenvalue weighted by molar-refractivity contribution is 7.89. The topological polar surface area (TPSA) is 83.6 Å². The molecule has 0 radical (unpaired) electrons. The maximum Gasteiger partial charge on any atom is 0.243 e. The molecule has 1 rings (SSSR count). The lowest BCUT2D eigenvalue weighted by molar-refractivity contribution is 0.252. The van der Waals surface area contributed by atoms with E-state index in [9.17, 15) is 8.42 Å². The summed E-state index contributed by atoms with van der Waals surface area (Å²) >= 11 is 0. The third-order valence-corrected chi connectivity index (χ3v) is 5.26. The van der Waals surface area contributed by atoms with Gasteiger partial charge in [-0.05, 0) is 30.5 Å². The molecule has 0 atom stereocenters. The first-order chi connectivity index (χ1) is 9.47. The monoisotopic (exact) mass is 300 g/mol. The molecular weight excluding hydrogens is 276 g/mol. The first-order valence-corrected chi connectivity index (χ1v) is 8.32. The fraction of sp³-hybridized carbons (Fsp3) is 0.571. The molecule has 0 bridgehead atoms. The zero-order valence-corrected chi connectivity index (χ0v) is 13.0. The Labute approximate surface area is 121 Å². The van der Waals surface area contributed by atoms with Crippen molar-refractivity contribution in [1.29, 1.82) is 0 Å². The van der Waals surface area contributed by atoms with E-state index in [2.05, 4.69) is 0 Å². The number of hydrogen-bond acceptors (Lipinski definition) is 4. The van der Waals surface area contributed by atoms with Gasteiger partial charge in [0, 0.05) is 19.6 Å². The molecule has 0 amide bonds.